The van der Waals surface area contributed by atoms with E-state index in [2.05, 4.69) is 31.4 Å². The summed E-state index contributed by atoms with van der Waals surface area (Å²) < 4.78 is 3.93. The number of rotatable bonds is 7. The van der Waals surface area contributed by atoms with Crippen molar-refractivity contribution in [1.29, 1.82) is 0 Å². The smallest absolute Gasteiger partial charge is 0.304 e. The second-order valence-corrected chi connectivity index (χ2v) is 8.96. The summed E-state index contributed by atoms with van der Waals surface area (Å²) in [5, 5.41) is 23.3. The van der Waals surface area contributed by atoms with Crippen molar-refractivity contribution in [3.05, 3.63) is 102 Å². The fourth-order valence-corrected chi connectivity index (χ4v) is 4.19. The third-order valence-corrected chi connectivity index (χ3v) is 6.26. The van der Waals surface area contributed by atoms with Gasteiger partial charge in [0.15, 0.2) is 5.82 Å². The molecule has 2 aromatic carbocycles. The van der Waals surface area contributed by atoms with E-state index in [0.29, 0.717) is 45.4 Å². The number of nitro groups is 1. The minimum atomic E-state index is -0.421. The normalized spacial score (nSPS) is 10.9. The van der Waals surface area contributed by atoms with E-state index in [0.717, 1.165) is 11.1 Å². The zero-order chi connectivity index (χ0) is 24.4. The Morgan fingerprint density at radius 3 is 2.47 bits per heavy atom. The van der Waals surface area contributed by atoms with Crippen LogP contribution in [-0.2, 0) is 13.1 Å². The van der Waals surface area contributed by atoms with Gasteiger partial charge in [0.2, 0.25) is 0 Å². The zero-order valence-electron chi connectivity index (χ0n) is 18.3. The summed E-state index contributed by atoms with van der Waals surface area (Å²) in [4.78, 5) is 23.5. The number of halogens is 2. The van der Waals surface area contributed by atoms with Gasteiger partial charge >= 0.3 is 5.69 Å². The number of carbonyl (C=O) groups excluding carboxylic acids is 1. The molecule has 0 radical (unpaired) electrons. The lowest BCUT2D eigenvalue weighted by atomic mass is 10.1. The van der Waals surface area contributed by atoms with Crippen LogP contribution < -0.4 is 5.32 Å². The van der Waals surface area contributed by atoms with Crippen LogP contribution in [0.3, 0.4) is 0 Å². The number of hydrogen-bond donors (Lipinski definition) is 1. The molecular weight excluding hydrogens is 524 g/mol. The largest absolute Gasteiger partial charge is 0.312 e. The number of aryl methyl sites for hydroxylation is 1. The van der Waals surface area contributed by atoms with Crippen LogP contribution in [0.4, 0.5) is 11.5 Å². The van der Waals surface area contributed by atoms with Crippen LogP contribution in [0.1, 0.15) is 32.9 Å². The number of carbonyl (C=O) groups is 1. The minimum Gasteiger partial charge on any atom is -0.304 e. The molecule has 0 saturated heterocycles. The zero-order valence-corrected chi connectivity index (χ0v) is 20.7. The molecule has 0 aliphatic heterocycles. The van der Waals surface area contributed by atoms with Crippen molar-refractivity contribution < 1.29 is 9.72 Å². The fourth-order valence-electron chi connectivity index (χ4n) is 3.58. The SMILES string of the molecule is Cc1nn(Cc2ccc(C(=O)Nc3nn(Cc4ccccc4Cl)cc3Br)cc2)c(C)c1[N+](=O)[O-]. The van der Waals surface area contributed by atoms with Gasteiger partial charge in [0.1, 0.15) is 11.4 Å². The number of benzene rings is 2. The van der Waals surface area contributed by atoms with Gasteiger partial charge in [-0.3, -0.25) is 24.3 Å². The lowest BCUT2D eigenvalue weighted by Gasteiger charge is -2.07. The van der Waals surface area contributed by atoms with Crippen LogP contribution in [0.15, 0.2) is 59.2 Å². The number of nitrogens with zero attached hydrogens (tertiary/aromatic N) is 5. The van der Waals surface area contributed by atoms with Gasteiger partial charge in [-0.1, -0.05) is 41.9 Å². The van der Waals surface area contributed by atoms with E-state index in [1.54, 1.807) is 53.7 Å². The Morgan fingerprint density at radius 2 is 1.82 bits per heavy atom. The number of nitrogens with one attached hydrogen (secondary N) is 1. The van der Waals surface area contributed by atoms with E-state index in [9.17, 15) is 14.9 Å². The predicted octanol–water partition coefficient (Wildman–Crippen LogP) is 5.37. The molecule has 4 aromatic rings. The van der Waals surface area contributed by atoms with Crippen molar-refractivity contribution >= 4 is 44.9 Å². The average molecular weight is 544 g/mol. The van der Waals surface area contributed by atoms with Crippen LogP contribution in [0.25, 0.3) is 0 Å². The Balaban J connectivity index is 1.44. The van der Waals surface area contributed by atoms with Crippen molar-refractivity contribution in [3.63, 3.8) is 0 Å². The molecule has 9 nitrogen and oxygen atoms in total. The summed E-state index contributed by atoms with van der Waals surface area (Å²) in [5.41, 5.74) is 3.12. The van der Waals surface area contributed by atoms with Crippen molar-refractivity contribution in [2.45, 2.75) is 26.9 Å². The van der Waals surface area contributed by atoms with E-state index in [-0.39, 0.29) is 11.6 Å². The minimum absolute atomic E-state index is 0.0237. The highest BCUT2D eigenvalue weighted by Crippen LogP contribution is 2.24. The van der Waals surface area contributed by atoms with Gasteiger partial charge in [-0.25, -0.2) is 0 Å². The maximum absolute atomic E-state index is 12.7. The van der Waals surface area contributed by atoms with Crippen LogP contribution in [0.2, 0.25) is 5.02 Å². The van der Waals surface area contributed by atoms with E-state index in [1.165, 1.54) is 0 Å². The van der Waals surface area contributed by atoms with Gasteiger partial charge in [-0.2, -0.15) is 10.2 Å². The third-order valence-electron chi connectivity index (χ3n) is 5.31. The topological polar surface area (TPSA) is 108 Å². The maximum Gasteiger partial charge on any atom is 0.312 e. The van der Waals surface area contributed by atoms with E-state index in [4.69, 9.17) is 11.6 Å². The maximum atomic E-state index is 12.7. The van der Waals surface area contributed by atoms with Crippen molar-refractivity contribution in [1.82, 2.24) is 19.6 Å². The van der Waals surface area contributed by atoms with Crippen LogP contribution in [-0.4, -0.2) is 30.4 Å². The number of aromatic nitrogens is 4. The Morgan fingerprint density at radius 1 is 1.12 bits per heavy atom. The number of amides is 1. The second-order valence-electron chi connectivity index (χ2n) is 7.70. The Bertz CT molecular complexity index is 1380. The Kier molecular flexibility index (Phi) is 6.80. The van der Waals surface area contributed by atoms with Crippen molar-refractivity contribution in [2.24, 2.45) is 0 Å². The van der Waals surface area contributed by atoms with Gasteiger partial charge in [-0.05, 0) is 59.1 Å². The molecule has 0 saturated carbocycles. The molecule has 0 aliphatic carbocycles. The van der Waals surface area contributed by atoms with Crippen molar-refractivity contribution in [2.75, 3.05) is 5.32 Å². The van der Waals surface area contributed by atoms with Gasteiger partial charge in [0.25, 0.3) is 5.91 Å². The highest BCUT2D eigenvalue weighted by atomic mass is 79.9. The van der Waals surface area contributed by atoms with Crippen molar-refractivity contribution in [3.8, 4) is 0 Å². The predicted molar refractivity (Wildman–Crippen MR) is 132 cm³/mol. The van der Waals surface area contributed by atoms with E-state index >= 15 is 0 Å². The average Bonchev–Trinajstić information content (AvgIpc) is 3.27. The van der Waals surface area contributed by atoms with Crippen LogP contribution in [0.5, 0.6) is 0 Å². The summed E-state index contributed by atoms with van der Waals surface area (Å²) in [6, 6.07) is 14.5. The lowest BCUT2D eigenvalue weighted by Crippen LogP contribution is -2.13. The summed E-state index contributed by atoms with van der Waals surface area (Å²) in [7, 11) is 0. The summed E-state index contributed by atoms with van der Waals surface area (Å²) in [6.07, 6.45) is 1.77. The van der Waals surface area contributed by atoms with Gasteiger partial charge < -0.3 is 5.32 Å². The second kappa shape index (κ2) is 9.78. The molecule has 0 aliphatic rings. The molecule has 0 spiro atoms. The molecule has 2 heterocycles. The molecule has 0 atom stereocenters. The molecule has 0 unspecified atom stereocenters. The molecule has 1 amide bonds. The molecule has 0 fully saturated rings. The molecule has 1 N–H and O–H groups in total. The van der Waals surface area contributed by atoms with Gasteiger partial charge in [0, 0.05) is 16.8 Å². The van der Waals surface area contributed by atoms with E-state index in [1.807, 2.05) is 24.3 Å². The van der Waals surface area contributed by atoms with Gasteiger partial charge in [0.05, 0.1) is 22.5 Å². The molecule has 4 rings (SSSR count). The van der Waals surface area contributed by atoms with E-state index < -0.39 is 4.92 Å². The first-order chi connectivity index (χ1) is 16.2. The van der Waals surface area contributed by atoms with Crippen LogP contribution >= 0.6 is 27.5 Å². The summed E-state index contributed by atoms with van der Waals surface area (Å²) in [6.45, 7) is 4.11. The molecule has 174 valence electrons. The number of hydrogen-bond acceptors (Lipinski definition) is 5. The molecule has 2 aromatic heterocycles. The highest BCUT2D eigenvalue weighted by Gasteiger charge is 2.21. The fraction of sp³-hybridized carbons (Fsp3) is 0.174. The number of anilines is 1. The van der Waals surface area contributed by atoms with Crippen LogP contribution in [0, 0.1) is 24.0 Å². The first-order valence-electron chi connectivity index (χ1n) is 10.3. The molecule has 11 heteroatoms. The quantitative estimate of drug-likeness (QED) is 0.249. The Hall–Kier alpha value is -3.50. The molecular formula is C23H20BrClN6O3. The third kappa shape index (κ3) is 5.02. The molecule has 34 heavy (non-hydrogen) atoms. The summed E-state index contributed by atoms with van der Waals surface area (Å²) >= 11 is 9.66. The monoisotopic (exact) mass is 542 g/mol. The standard InChI is InChI=1S/C23H20BrClN6O3/c1-14-21(31(33)34)15(2)30(27-14)11-16-7-9-17(10-8-16)23(32)26-22-19(24)13-29(28-22)12-18-5-3-4-6-20(18)25/h3-10,13H,11-12H2,1-2H3,(H,26,28,32). The first kappa shape index (κ1) is 23.7. The Labute approximate surface area is 208 Å². The molecule has 0 bridgehead atoms. The summed E-state index contributed by atoms with van der Waals surface area (Å²) in [5.74, 6) is 0.0908. The first-order valence-corrected chi connectivity index (χ1v) is 11.4. The van der Waals surface area contributed by atoms with Gasteiger partial charge in [-0.15, -0.1) is 0 Å². The lowest BCUT2D eigenvalue weighted by molar-refractivity contribution is -0.386. The highest BCUT2D eigenvalue weighted by molar-refractivity contribution is 9.10.